The lowest BCUT2D eigenvalue weighted by atomic mass is 10.1. The summed E-state index contributed by atoms with van der Waals surface area (Å²) in [6.07, 6.45) is -0.326. The smallest absolute Gasteiger partial charge is 0.289 e. The monoisotopic (exact) mass is 652 g/mol. The Hall–Kier alpha value is -4.89. The fourth-order valence-electron chi connectivity index (χ4n) is 4.64. The second kappa shape index (κ2) is 13.0. The van der Waals surface area contributed by atoms with E-state index in [-0.39, 0.29) is 34.2 Å². The van der Waals surface area contributed by atoms with Crippen molar-refractivity contribution in [2.24, 2.45) is 11.4 Å². The number of aryl methyl sites for hydroxylation is 2. The zero-order valence-corrected chi connectivity index (χ0v) is 26.1. The third-order valence-corrected chi connectivity index (χ3v) is 8.65. The van der Waals surface area contributed by atoms with E-state index in [4.69, 9.17) is 21.5 Å². The number of sulfonamides is 1. The van der Waals surface area contributed by atoms with E-state index in [1.807, 2.05) is 13.8 Å². The molecule has 1 aromatic heterocycles. The Bertz CT molecular complexity index is 1910. The number of aromatic nitrogens is 2. The van der Waals surface area contributed by atoms with Gasteiger partial charge in [0.1, 0.15) is 31.2 Å². The largest absolute Gasteiger partial charge is 0.494 e. The van der Waals surface area contributed by atoms with E-state index < -0.39 is 33.7 Å². The van der Waals surface area contributed by atoms with Crippen LogP contribution in [0.2, 0.25) is 0 Å². The molecule has 3 aromatic carbocycles. The third kappa shape index (κ3) is 6.94. The van der Waals surface area contributed by atoms with Gasteiger partial charge in [0.15, 0.2) is 5.11 Å². The van der Waals surface area contributed by atoms with Crippen molar-refractivity contribution in [3.63, 3.8) is 0 Å². The molecule has 1 saturated heterocycles. The van der Waals surface area contributed by atoms with E-state index in [9.17, 15) is 22.4 Å². The number of thiocarbonyl (C=S) groups is 1. The van der Waals surface area contributed by atoms with Crippen LogP contribution in [-0.2, 0) is 33.2 Å². The van der Waals surface area contributed by atoms with Crippen molar-refractivity contribution in [1.29, 1.82) is 0 Å². The second-order valence-corrected chi connectivity index (χ2v) is 12.1. The van der Waals surface area contributed by atoms with E-state index in [1.54, 1.807) is 36.4 Å². The van der Waals surface area contributed by atoms with Crippen LogP contribution in [0.3, 0.4) is 0 Å². The number of halogens is 1. The van der Waals surface area contributed by atoms with Crippen LogP contribution in [0.25, 0.3) is 0 Å². The number of nitrogens with one attached hydrogen (secondary N) is 1. The quantitative estimate of drug-likeness (QED) is 0.202. The predicted molar refractivity (Wildman–Crippen MR) is 164 cm³/mol. The lowest BCUT2D eigenvalue weighted by Crippen LogP contribution is -2.45. The van der Waals surface area contributed by atoms with Crippen molar-refractivity contribution in [2.45, 2.75) is 37.8 Å². The second-order valence-electron chi connectivity index (χ2n) is 10.1. The van der Waals surface area contributed by atoms with Crippen molar-refractivity contribution >= 4 is 50.5 Å². The highest BCUT2D eigenvalue weighted by molar-refractivity contribution is 7.90. The summed E-state index contributed by atoms with van der Waals surface area (Å²) < 4.78 is 55.5. The maximum Gasteiger partial charge on any atom is 0.289 e. The van der Waals surface area contributed by atoms with Crippen molar-refractivity contribution in [3.8, 4) is 5.75 Å². The van der Waals surface area contributed by atoms with Crippen molar-refractivity contribution in [3.05, 3.63) is 95.4 Å². The van der Waals surface area contributed by atoms with Gasteiger partial charge in [0.2, 0.25) is 5.91 Å². The Morgan fingerprint density at radius 1 is 1.11 bits per heavy atom. The Kier molecular flexibility index (Phi) is 9.11. The molecule has 0 bridgehead atoms. The molecular weight excluding hydrogens is 623 g/mol. The summed E-state index contributed by atoms with van der Waals surface area (Å²) in [6, 6.07) is 17.0. The first-order chi connectivity index (χ1) is 21.5. The van der Waals surface area contributed by atoms with Gasteiger partial charge in [-0.1, -0.05) is 17.7 Å². The summed E-state index contributed by atoms with van der Waals surface area (Å²) in [5.41, 5.74) is 1.55. The van der Waals surface area contributed by atoms with Gasteiger partial charge in [-0.25, -0.2) is 9.07 Å². The third-order valence-electron chi connectivity index (χ3n) is 6.96. The van der Waals surface area contributed by atoms with Crippen molar-refractivity contribution in [1.82, 2.24) is 10.2 Å². The molecule has 0 radical (unpaired) electrons. The minimum atomic E-state index is -4.18. The number of nitrogens with zero attached hydrogens (tertiary/aromatic N) is 5. The molecule has 2 amide bonds. The van der Waals surface area contributed by atoms with E-state index >= 15 is 0 Å². The van der Waals surface area contributed by atoms with Crippen LogP contribution in [0.4, 0.5) is 15.8 Å². The highest BCUT2D eigenvalue weighted by Gasteiger charge is 2.45. The van der Waals surface area contributed by atoms with Gasteiger partial charge >= 0.3 is 0 Å². The van der Waals surface area contributed by atoms with Crippen molar-refractivity contribution < 1.29 is 36.3 Å². The molecule has 234 valence electrons. The molecule has 0 saturated carbocycles. The number of benzene rings is 3. The molecule has 1 fully saturated rings. The van der Waals surface area contributed by atoms with Crippen LogP contribution < -0.4 is 30.5 Å². The Morgan fingerprint density at radius 2 is 1.78 bits per heavy atom. The summed E-state index contributed by atoms with van der Waals surface area (Å²) in [7, 11) is -2.66. The maximum atomic E-state index is 13.9. The zero-order chi connectivity index (χ0) is 32.3. The number of hydrogen-bond acceptors (Lipinski definition) is 7. The molecule has 15 heteroatoms. The molecule has 4 aromatic rings. The number of rotatable bonds is 10. The number of amides is 2. The topological polar surface area (TPSA) is 140 Å². The number of carbonyl (C=O) groups excluding carboxylic acids is 2. The average molecular weight is 653 g/mol. The van der Waals surface area contributed by atoms with Gasteiger partial charge in [-0.15, -0.1) is 4.40 Å². The summed E-state index contributed by atoms with van der Waals surface area (Å²) in [5.74, 6) is -0.872. The van der Waals surface area contributed by atoms with Gasteiger partial charge in [-0.05, 0) is 86.7 Å². The molecule has 0 aliphatic carbocycles. The Balaban J connectivity index is 1.49. The standard InChI is InChI=1S/C30H29FN6O6S2/c1-4-42-23-13-11-22(12-14-23)37-29(39)25(17-27(38)32-21-9-7-20(31)8-10-21)36(30(37)44)18-26-28(43-34-35(26)3)33-45(40,41)24-15-5-19(2)6-16-24/h5-16,25H,4,17-18H2,1-3H3,(H,32,38)/b33-28-. The molecule has 45 heavy (non-hydrogen) atoms. The zero-order valence-electron chi connectivity index (χ0n) is 24.5. The summed E-state index contributed by atoms with van der Waals surface area (Å²) in [4.78, 5) is 29.7. The molecule has 2 heterocycles. The number of carbonyl (C=O) groups is 2. The van der Waals surface area contributed by atoms with Gasteiger partial charge in [0, 0.05) is 5.69 Å². The van der Waals surface area contributed by atoms with Gasteiger partial charge < -0.3 is 19.5 Å². The van der Waals surface area contributed by atoms with Crippen molar-refractivity contribution in [2.75, 3.05) is 16.8 Å². The number of hydrogen-bond donors (Lipinski definition) is 1. The van der Waals surface area contributed by atoms with E-state index in [0.717, 1.165) is 5.56 Å². The molecule has 1 atom stereocenters. The highest BCUT2D eigenvalue weighted by Crippen LogP contribution is 2.30. The van der Waals surface area contributed by atoms with Crippen LogP contribution in [0.1, 0.15) is 24.6 Å². The van der Waals surface area contributed by atoms with Crippen LogP contribution >= 0.6 is 12.2 Å². The molecule has 0 spiro atoms. The predicted octanol–water partition coefficient (Wildman–Crippen LogP) is 2.73. The fourth-order valence-corrected chi connectivity index (χ4v) is 5.97. The Labute approximate surface area is 263 Å². The fraction of sp³-hybridized carbons (Fsp3) is 0.233. The lowest BCUT2D eigenvalue weighted by Gasteiger charge is -2.22. The lowest BCUT2D eigenvalue weighted by molar-refractivity contribution is -0.752. The van der Waals surface area contributed by atoms with Gasteiger partial charge in [-0.3, -0.25) is 19.8 Å². The summed E-state index contributed by atoms with van der Waals surface area (Å²) >= 11 is 5.75. The maximum absolute atomic E-state index is 13.9. The number of anilines is 2. The SMILES string of the molecule is CCOc1ccc(N2C(=O)C(CC(=O)Nc3ccc(F)cc3)N(Cc3/c(=N/S(=O)(=O)c4ccc(C)cc4)o[n-][n+]3C)C2=S)cc1. The van der Waals surface area contributed by atoms with Crippen LogP contribution in [-0.4, -0.2) is 42.9 Å². The van der Waals surface area contributed by atoms with Gasteiger partial charge in [0.25, 0.3) is 27.2 Å². The number of ether oxygens (including phenoxy) is 1. The molecule has 5 rings (SSSR count). The molecule has 1 aliphatic rings. The first kappa shape index (κ1) is 31.5. The van der Waals surface area contributed by atoms with Crippen LogP contribution in [0, 0.1) is 12.7 Å². The van der Waals surface area contributed by atoms with Gasteiger partial charge in [0.05, 0.1) is 23.6 Å². The minimum Gasteiger partial charge on any atom is -0.494 e. The average Bonchev–Trinajstić information content (AvgIpc) is 3.45. The molecule has 12 nitrogen and oxygen atoms in total. The van der Waals surface area contributed by atoms with E-state index in [0.29, 0.717) is 23.7 Å². The highest BCUT2D eigenvalue weighted by atomic mass is 32.2. The molecule has 1 N–H and O–H groups in total. The molecule has 1 unspecified atom stereocenters. The normalized spacial score (nSPS) is 15.6. The van der Waals surface area contributed by atoms with Crippen LogP contribution in [0.15, 0.2) is 86.6 Å². The summed E-state index contributed by atoms with van der Waals surface area (Å²) in [6.45, 7) is 3.97. The Morgan fingerprint density at radius 3 is 2.42 bits per heavy atom. The first-order valence-corrected chi connectivity index (χ1v) is 15.6. The molecule has 1 aliphatic heterocycles. The van der Waals surface area contributed by atoms with E-state index in [1.165, 1.54) is 57.9 Å². The summed E-state index contributed by atoms with van der Waals surface area (Å²) in [5, 5.41) is 6.57. The first-order valence-electron chi connectivity index (χ1n) is 13.8. The van der Waals surface area contributed by atoms with Crippen LogP contribution in [0.5, 0.6) is 5.75 Å². The molecular formula is C30H29FN6O6S2. The minimum absolute atomic E-state index is 0.0398. The van der Waals surface area contributed by atoms with E-state index in [2.05, 4.69) is 15.0 Å². The van der Waals surface area contributed by atoms with Gasteiger partial charge in [-0.2, -0.15) is 8.42 Å².